The lowest BCUT2D eigenvalue weighted by Crippen LogP contribution is -2.41. The molecule has 15 heavy (non-hydrogen) atoms. The van der Waals surface area contributed by atoms with Crippen LogP contribution >= 0.6 is 0 Å². The highest BCUT2D eigenvalue weighted by atomic mass is 16.4. The Morgan fingerprint density at radius 1 is 1.67 bits per heavy atom. The van der Waals surface area contributed by atoms with Crippen molar-refractivity contribution in [1.82, 2.24) is 9.80 Å². The molecule has 1 saturated heterocycles. The van der Waals surface area contributed by atoms with Crippen LogP contribution in [0.15, 0.2) is 5.16 Å². The van der Waals surface area contributed by atoms with E-state index in [1.165, 1.54) is 19.4 Å². The Morgan fingerprint density at radius 3 is 3.00 bits per heavy atom. The van der Waals surface area contributed by atoms with Gasteiger partial charge < -0.3 is 10.9 Å². The van der Waals surface area contributed by atoms with Crippen LogP contribution in [0, 0.1) is 0 Å². The van der Waals surface area contributed by atoms with Crippen LogP contribution in [-0.4, -0.2) is 60.1 Å². The molecule has 3 N–H and O–H groups in total. The average Bonchev–Trinajstić information content (AvgIpc) is 2.64. The number of nitrogens with two attached hydrogens (primary N) is 1. The summed E-state index contributed by atoms with van der Waals surface area (Å²) in [6.45, 7) is 6.04. The standard InChI is InChI=1S/C10H22N4O/c1-3-14-6-4-5-9(14)7-13(2)8-10(11)12-15/h9,15H,3-8H2,1-2H3,(H2,11,12). The Morgan fingerprint density at radius 2 is 2.40 bits per heavy atom. The number of oxime groups is 1. The van der Waals surface area contributed by atoms with Crippen LogP contribution < -0.4 is 5.73 Å². The molecule has 0 aliphatic carbocycles. The van der Waals surface area contributed by atoms with Crippen molar-refractivity contribution in [2.24, 2.45) is 10.9 Å². The molecule has 1 rings (SSSR count). The minimum atomic E-state index is 0.276. The fourth-order valence-corrected chi connectivity index (χ4v) is 2.25. The van der Waals surface area contributed by atoms with Crippen molar-refractivity contribution in [3.63, 3.8) is 0 Å². The van der Waals surface area contributed by atoms with Gasteiger partial charge in [0.25, 0.3) is 0 Å². The molecule has 0 aromatic rings. The first-order valence-electron chi connectivity index (χ1n) is 5.56. The van der Waals surface area contributed by atoms with E-state index in [1.54, 1.807) is 0 Å². The molecule has 88 valence electrons. The molecule has 1 aliphatic rings. The molecule has 0 aromatic heterocycles. The van der Waals surface area contributed by atoms with Crippen LogP contribution in [-0.2, 0) is 0 Å². The van der Waals surface area contributed by atoms with Crippen LogP contribution in [0.4, 0.5) is 0 Å². The summed E-state index contributed by atoms with van der Waals surface area (Å²) in [5, 5.41) is 11.4. The molecule has 0 amide bonds. The average molecular weight is 214 g/mol. The van der Waals surface area contributed by atoms with Crippen LogP contribution in [0.5, 0.6) is 0 Å². The zero-order valence-electron chi connectivity index (χ0n) is 9.69. The normalized spacial score (nSPS) is 23.9. The van der Waals surface area contributed by atoms with Crippen molar-refractivity contribution in [3.05, 3.63) is 0 Å². The van der Waals surface area contributed by atoms with Gasteiger partial charge in [0.1, 0.15) is 0 Å². The molecule has 0 saturated carbocycles. The van der Waals surface area contributed by atoms with Gasteiger partial charge in [0.05, 0.1) is 6.54 Å². The summed E-state index contributed by atoms with van der Waals surface area (Å²) < 4.78 is 0. The maximum atomic E-state index is 8.47. The largest absolute Gasteiger partial charge is 0.409 e. The summed E-state index contributed by atoms with van der Waals surface area (Å²) in [6.07, 6.45) is 2.55. The summed E-state index contributed by atoms with van der Waals surface area (Å²) in [4.78, 5) is 4.59. The molecule has 5 nitrogen and oxygen atoms in total. The Kier molecular flexibility index (Phi) is 4.84. The maximum absolute atomic E-state index is 8.47. The van der Waals surface area contributed by atoms with Crippen molar-refractivity contribution >= 4 is 5.84 Å². The zero-order chi connectivity index (χ0) is 11.3. The van der Waals surface area contributed by atoms with E-state index in [1.807, 2.05) is 7.05 Å². The van der Waals surface area contributed by atoms with Crippen LogP contribution in [0.1, 0.15) is 19.8 Å². The van der Waals surface area contributed by atoms with Crippen LogP contribution in [0.2, 0.25) is 0 Å². The van der Waals surface area contributed by atoms with Crippen molar-refractivity contribution in [2.45, 2.75) is 25.8 Å². The number of rotatable bonds is 5. The first-order chi connectivity index (χ1) is 7.17. The highest BCUT2D eigenvalue weighted by Crippen LogP contribution is 2.16. The number of hydrogen-bond acceptors (Lipinski definition) is 4. The van der Waals surface area contributed by atoms with Crippen molar-refractivity contribution in [3.8, 4) is 0 Å². The summed E-state index contributed by atoms with van der Waals surface area (Å²) in [7, 11) is 2.00. The number of likely N-dealkylation sites (N-methyl/N-ethyl adjacent to an activating group) is 2. The van der Waals surface area contributed by atoms with Crippen molar-refractivity contribution < 1.29 is 5.21 Å². The highest BCUT2D eigenvalue weighted by molar-refractivity contribution is 5.81. The molecule has 1 aliphatic heterocycles. The van der Waals surface area contributed by atoms with Crippen LogP contribution in [0.25, 0.3) is 0 Å². The molecule has 0 radical (unpaired) electrons. The predicted octanol–water partition coefficient (Wildman–Crippen LogP) is 0.149. The van der Waals surface area contributed by atoms with Gasteiger partial charge in [0.15, 0.2) is 5.84 Å². The van der Waals surface area contributed by atoms with Crippen LogP contribution in [0.3, 0.4) is 0 Å². The van der Waals surface area contributed by atoms with Gasteiger partial charge in [-0.25, -0.2) is 0 Å². The summed E-state index contributed by atoms with van der Waals surface area (Å²) >= 11 is 0. The van der Waals surface area contributed by atoms with E-state index in [2.05, 4.69) is 21.9 Å². The molecule has 0 bridgehead atoms. The monoisotopic (exact) mass is 214 g/mol. The zero-order valence-corrected chi connectivity index (χ0v) is 9.69. The van der Waals surface area contributed by atoms with E-state index in [9.17, 15) is 0 Å². The fourth-order valence-electron chi connectivity index (χ4n) is 2.25. The molecule has 1 fully saturated rings. The van der Waals surface area contributed by atoms with Gasteiger partial charge in [0.2, 0.25) is 0 Å². The van der Waals surface area contributed by atoms with E-state index in [4.69, 9.17) is 10.9 Å². The minimum Gasteiger partial charge on any atom is -0.409 e. The fraction of sp³-hybridized carbons (Fsp3) is 0.900. The lowest BCUT2D eigenvalue weighted by Gasteiger charge is -2.27. The Labute approximate surface area is 91.5 Å². The second-order valence-corrected chi connectivity index (χ2v) is 4.21. The summed E-state index contributed by atoms with van der Waals surface area (Å²) in [5.41, 5.74) is 5.46. The third-order valence-electron chi connectivity index (χ3n) is 2.99. The Hall–Kier alpha value is -0.810. The highest BCUT2D eigenvalue weighted by Gasteiger charge is 2.23. The number of nitrogens with zero attached hydrogens (tertiary/aromatic N) is 3. The molecular weight excluding hydrogens is 192 g/mol. The van der Waals surface area contributed by atoms with E-state index >= 15 is 0 Å². The smallest absolute Gasteiger partial charge is 0.153 e. The minimum absolute atomic E-state index is 0.276. The van der Waals surface area contributed by atoms with Gasteiger partial charge in [-0.15, -0.1) is 0 Å². The lowest BCUT2D eigenvalue weighted by molar-refractivity contribution is 0.209. The number of amidine groups is 1. The Bertz CT molecular complexity index is 219. The van der Waals surface area contributed by atoms with Crippen molar-refractivity contribution in [2.75, 3.05) is 33.2 Å². The maximum Gasteiger partial charge on any atom is 0.153 e. The number of hydrogen-bond donors (Lipinski definition) is 2. The topological polar surface area (TPSA) is 65.1 Å². The SMILES string of the molecule is CCN1CCCC1CN(C)CC(N)=NO. The van der Waals surface area contributed by atoms with Gasteiger partial charge in [0, 0.05) is 12.6 Å². The molecular formula is C10H22N4O. The van der Waals surface area contributed by atoms with Crippen molar-refractivity contribution in [1.29, 1.82) is 0 Å². The van der Waals surface area contributed by atoms with E-state index in [-0.39, 0.29) is 5.84 Å². The third-order valence-corrected chi connectivity index (χ3v) is 2.99. The lowest BCUT2D eigenvalue weighted by atomic mass is 10.2. The van der Waals surface area contributed by atoms with Gasteiger partial charge in [-0.3, -0.25) is 9.80 Å². The first kappa shape index (κ1) is 12.3. The van der Waals surface area contributed by atoms with E-state index < -0.39 is 0 Å². The van der Waals surface area contributed by atoms with Gasteiger partial charge >= 0.3 is 0 Å². The quantitative estimate of drug-likeness (QED) is 0.296. The second kappa shape index (κ2) is 5.92. The molecule has 1 heterocycles. The second-order valence-electron chi connectivity index (χ2n) is 4.21. The molecule has 1 atom stereocenters. The molecule has 5 heteroatoms. The summed E-state index contributed by atoms with van der Waals surface area (Å²) in [6, 6.07) is 0.631. The Balaban J connectivity index is 2.33. The molecule has 0 spiro atoms. The molecule has 1 unspecified atom stereocenters. The van der Waals surface area contributed by atoms with Gasteiger partial charge in [-0.05, 0) is 33.0 Å². The van der Waals surface area contributed by atoms with Gasteiger partial charge in [-0.1, -0.05) is 12.1 Å². The molecule has 0 aromatic carbocycles. The predicted molar refractivity (Wildman–Crippen MR) is 61.2 cm³/mol. The van der Waals surface area contributed by atoms with E-state index in [0.717, 1.165) is 13.1 Å². The van der Waals surface area contributed by atoms with E-state index in [0.29, 0.717) is 12.6 Å². The first-order valence-corrected chi connectivity index (χ1v) is 5.56. The number of likely N-dealkylation sites (tertiary alicyclic amines) is 1. The summed E-state index contributed by atoms with van der Waals surface area (Å²) in [5.74, 6) is 0.276. The van der Waals surface area contributed by atoms with Gasteiger partial charge in [-0.2, -0.15) is 0 Å². The third kappa shape index (κ3) is 3.68.